The van der Waals surface area contributed by atoms with Gasteiger partial charge in [-0.15, -0.1) is 0 Å². The van der Waals surface area contributed by atoms with Gasteiger partial charge in [-0.05, 0) is 55.5 Å². The van der Waals surface area contributed by atoms with Gasteiger partial charge in [0.05, 0.1) is 10.9 Å². The Balaban J connectivity index is 1.58. The molecule has 29 heavy (non-hydrogen) atoms. The number of esters is 1. The summed E-state index contributed by atoms with van der Waals surface area (Å²) < 4.78 is 29.4. The molecule has 0 aliphatic heterocycles. The molecule has 0 atom stereocenters. The molecule has 0 spiro atoms. The Labute approximate surface area is 164 Å². The van der Waals surface area contributed by atoms with Gasteiger partial charge in [0.1, 0.15) is 29.2 Å². The minimum absolute atomic E-state index is 0.0532. The Kier molecular flexibility index (Phi) is 4.83. The van der Waals surface area contributed by atoms with Gasteiger partial charge < -0.3 is 13.9 Å². The van der Waals surface area contributed by atoms with Crippen LogP contribution in [0, 0.1) is 12.7 Å². The Morgan fingerprint density at radius 3 is 2.34 bits per heavy atom. The number of carbonyl (C=O) groups excluding carboxylic acids is 1. The van der Waals surface area contributed by atoms with Gasteiger partial charge in [0.15, 0.2) is 0 Å². The highest BCUT2D eigenvalue weighted by Crippen LogP contribution is 2.24. The van der Waals surface area contributed by atoms with Crippen LogP contribution in [-0.4, -0.2) is 5.97 Å². The van der Waals surface area contributed by atoms with Gasteiger partial charge in [0, 0.05) is 6.07 Å². The zero-order valence-corrected chi connectivity index (χ0v) is 15.3. The van der Waals surface area contributed by atoms with Crippen LogP contribution in [0.15, 0.2) is 82.2 Å². The molecule has 0 amide bonds. The molecule has 3 aromatic carbocycles. The quantitative estimate of drug-likeness (QED) is 0.352. The average Bonchev–Trinajstić information content (AvgIpc) is 2.72. The van der Waals surface area contributed by atoms with Crippen LogP contribution < -0.4 is 14.9 Å². The number of aryl methyl sites for hydroxylation is 1. The average molecular weight is 390 g/mol. The summed E-state index contributed by atoms with van der Waals surface area (Å²) in [6, 6.07) is 16.7. The molecule has 0 saturated heterocycles. The van der Waals surface area contributed by atoms with Crippen molar-refractivity contribution in [3.05, 3.63) is 100 Å². The van der Waals surface area contributed by atoms with Crippen molar-refractivity contribution in [2.24, 2.45) is 0 Å². The molecule has 6 heteroatoms. The predicted molar refractivity (Wildman–Crippen MR) is 105 cm³/mol. The fraction of sp³-hybridized carbons (Fsp3) is 0.0435. The maximum atomic E-state index is 13.0. The summed E-state index contributed by atoms with van der Waals surface area (Å²) in [6.45, 7) is 1.95. The van der Waals surface area contributed by atoms with Crippen molar-refractivity contribution in [2.75, 3.05) is 0 Å². The summed E-state index contributed by atoms with van der Waals surface area (Å²) in [7, 11) is 0. The van der Waals surface area contributed by atoms with Crippen LogP contribution in [-0.2, 0) is 0 Å². The van der Waals surface area contributed by atoms with E-state index in [-0.39, 0.29) is 33.5 Å². The Morgan fingerprint density at radius 2 is 1.62 bits per heavy atom. The molecular formula is C23H15FO5. The van der Waals surface area contributed by atoms with E-state index in [1.165, 1.54) is 48.7 Å². The van der Waals surface area contributed by atoms with Crippen molar-refractivity contribution in [1.29, 1.82) is 0 Å². The molecule has 1 aromatic heterocycles. The molecule has 0 radical (unpaired) electrons. The molecule has 0 fully saturated rings. The number of ether oxygens (including phenoxy) is 2. The van der Waals surface area contributed by atoms with Gasteiger partial charge in [0.25, 0.3) is 0 Å². The second-order valence-electron chi connectivity index (χ2n) is 6.40. The van der Waals surface area contributed by atoms with Crippen LogP contribution in [0.4, 0.5) is 4.39 Å². The van der Waals surface area contributed by atoms with E-state index in [0.717, 1.165) is 5.56 Å². The smallest absolute Gasteiger partial charge is 0.343 e. The first-order valence-corrected chi connectivity index (χ1v) is 8.77. The Bertz CT molecular complexity index is 1240. The third kappa shape index (κ3) is 4.01. The van der Waals surface area contributed by atoms with Crippen molar-refractivity contribution in [1.82, 2.24) is 0 Å². The zero-order valence-electron chi connectivity index (χ0n) is 15.3. The number of carbonyl (C=O) groups is 1. The van der Waals surface area contributed by atoms with Crippen LogP contribution in [0.2, 0.25) is 0 Å². The maximum absolute atomic E-state index is 13.0. The van der Waals surface area contributed by atoms with Crippen LogP contribution in [0.5, 0.6) is 17.2 Å². The lowest BCUT2D eigenvalue weighted by molar-refractivity contribution is 0.0735. The molecule has 144 valence electrons. The fourth-order valence-electron chi connectivity index (χ4n) is 2.71. The topological polar surface area (TPSA) is 65.7 Å². The minimum Gasteiger partial charge on any atom is -0.460 e. The summed E-state index contributed by atoms with van der Waals surface area (Å²) in [5.74, 6) is -0.324. The number of benzene rings is 3. The largest absolute Gasteiger partial charge is 0.460 e. The number of halogens is 1. The van der Waals surface area contributed by atoms with E-state index >= 15 is 0 Å². The third-order valence-electron chi connectivity index (χ3n) is 4.25. The number of rotatable bonds is 4. The Hall–Kier alpha value is -3.93. The molecule has 0 saturated carbocycles. The van der Waals surface area contributed by atoms with Gasteiger partial charge in [-0.25, -0.2) is 9.18 Å². The molecule has 0 aliphatic rings. The van der Waals surface area contributed by atoms with E-state index in [2.05, 4.69) is 0 Å². The second-order valence-corrected chi connectivity index (χ2v) is 6.40. The van der Waals surface area contributed by atoms with E-state index in [1.807, 2.05) is 19.1 Å². The molecule has 0 N–H and O–H groups in total. The summed E-state index contributed by atoms with van der Waals surface area (Å²) >= 11 is 0. The van der Waals surface area contributed by atoms with E-state index in [4.69, 9.17) is 13.9 Å². The third-order valence-corrected chi connectivity index (χ3v) is 4.25. The van der Waals surface area contributed by atoms with E-state index in [9.17, 15) is 14.0 Å². The molecule has 1 heterocycles. The van der Waals surface area contributed by atoms with Crippen molar-refractivity contribution in [2.45, 2.75) is 6.92 Å². The molecule has 0 aliphatic carbocycles. The molecule has 4 aromatic rings. The number of hydrogen-bond donors (Lipinski definition) is 0. The maximum Gasteiger partial charge on any atom is 0.343 e. The zero-order chi connectivity index (χ0) is 20.4. The minimum atomic E-state index is -0.647. The lowest BCUT2D eigenvalue weighted by Gasteiger charge is -2.07. The number of hydrogen-bond acceptors (Lipinski definition) is 5. The lowest BCUT2D eigenvalue weighted by atomic mass is 10.2. The predicted octanol–water partition coefficient (Wildman–Crippen LogP) is 5.25. The van der Waals surface area contributed by atoms with Crippen LogP contribution in [0.1, 0.15) is 15.9 Å². The summed E-state index contributed by atoms with van der Waals surface area (Å²) in [5.41, 5.74) is 1.18. The molecule has 0 unspecified atom stereocenters. The van der Waals surface area contributed by atoms with Crippen molar-refractivity contribution in [3.63, 3.8) is 0 Å². The number of fused-ring (bicyclic) bond motifs is 1. The van der Waals surface area contributed by atoms with Gasteiger partial charge in [-0.3, -0.25) is 4.79 Å². The molecule has 4 rings (SSSR count). The van der Waals surface area contributed by atoms with Gasteiger partial charge in [0.2, 0.25) is 11.2 Å². The van der Waals surface area contributed by atoms with Gasteiger partial charge >= 0.3 is 5.97 Å². The van der Waals surface area contributed by atoms with Gasteiger partial charge in [-0.1, -0.05) is 17.7 Å². The molecular weight excluding hydrogens is 375 g/mol. The van der Waals surface area contributed by atoms with Crippen LogP contribution in [0.3, 0.4) is 0 Å². The highest BCUT2D eigenvalue weighted by molar-refractivity contribution is 5.91. The van der Waals surface area contributed by atoms with Crippen molar-refractivity contribution < 1.29 is 23.1 Å². The van der Waals surface area contributed by atoms with Crippen molar-refractivity contribution in [3.8, 4) is 17.2 Å². The summed E-state index contributed by atoms with van der Waals surface area (Å²) in [4.78, 5) is 24.8. The van der Waals surface area contributed by atoms with E-state index in [0.29, 0.717) is 5.75 Å². The SMILES string of the molecule is Cc1ccc(Oc2coc3cc(OC(=O)c4ccc(F)cc4)ccc3c2=O)cc1. The first kappa shape index (κ1) is 18.4. The molecule has 0 bridgehead atoms. The summed E-state index contributed by atoms with van der Waals surface area (Å²) in [6.07, 6.45) is 1.22. The van der Waals surface area contributed by atoms with E-state index in [1.54, 1.807) is 12.1 Å². The van der Waals surface area contributed by atoms with Crippen molar-refractivity contribution >= 4 is 16.9 Å². The highest BCUT2D eigenvalue weighted by Gasteiger charge is 2.13. The van der Waals surface area contributed by atoms with E-state index < -0.39 is 11.8 Å². The normalized spacial score (nSPS) is 10.7. The highest BCUT2D eigenvalue weighted by atomic mass is 19.1. The second kappa shape index (κ2) is 7.59. The van der Waals surface area contributed by atoms with Crippen LogP contribution >= 0.6 is 0 Å². The first-order chi connectivity index (χ1) is 14.0. The standard InChI is InChI=1S/C23H15FO5/c1-14-2-8-17(9-3-14)28-21-13-27-20-12-18(10-11-19(20)22(21)25)29-23(26)15-4-6-16(24)7-5-15/h2-13H,1H3. The monoisotopic (exact) mass is 390 g/mol. The fourth-order valence-corrected chi connectivity index (χ4v) is 2.71. The Morgan fingerprint density at radius 1 is 0.931 bits per heavy atom. The van der Waals surface area contributed by atoms with Gasteiger partial charge in [-0.2, -0.15) is 0 Å². The molecule has 5 nitrogen and oxygen atoms in total. The van der Waals surface area contributed by atoms with Crippen LogP contribution in [0.25, 0.3) is 11.0 Å². The summed E-state index contributed by atoms with van der Waals surface area (Å²) in [5, 5.41) is 0.288. The lowest BCUT2D eigenvalue weighted by Crippen LogP contribution is -2.09. The first-order valence-electron chi connectivity index (χ1n) is 8.77.